The quantitative estimate of drug-likeness (QED) is 0.698. The fourth-order valence-corrected chi connectivity index (χ4v) is 2.04. The third-order valence-electron chi connectivity index (χ3n) is 3.07. The first-order valence-corrected chi connectivity index (χ1v) is 6.26. The summed E-state index contributed by atoms with van der Waals surface area (Å²) < 4.78 is 5.34. The van der Waals surface area contributed by atoms with Crippen molar-refractivity contribution in [3.05, 3.63) is 0 Å². The Kier molecular flexibility index (Phi) is 4.54. The first kappa shape index (κ1) is 14.0. The summed E-state index contributed by atoms with van der Waals surface area (Å²) in [5, 5.41) is 0. The molecule has 2 atom stereocenters. The minimum absolute atomic E-state index is 0.0141. The van der Waals surface area contributed by atoms with Gasteiger partial charge in [-0.15, -0.1) is 0 Å². The van der Waals surface area contributed by atoms with Crippen LogP contribution in [0.2, 0.25) is 0 Å². The zero-order chi connectivity index (χ0) is 13.1. The van der Waals surface area contributed by atoms with Crippen LogP contribution in [0, 0.1) is 11.8 Å². The normalized spacial score (nSPS) is 23.1. The van der Waals surface area contributed by atoms with Gasteiger partial charge in [0, 0.05) is 19.0 Å². The molecule has 0 aromatic heterocycles. The minimum atomic E-state index is -0.458. The van der Waals surface area contributed by atoms with Crippen LogP contribution in [0.15, 0.2) is 0 Å². The summed E-state index contributed by atoms with van der Waals surface area (Å²) in [5.41, 5.74) is -0.458. The second kappa shape index (κ2) is 5.52. The highest BCUT2D eigenvalue weighted by Crippen LogP contribution is 2.24. The van der Waals surface area contributed by atoms with Crippen molar-refractivity contribution in [1.29, 1.82) is 0 Å². The SMILES string of the molecule is CC(C=O)C1CCCN(C(=O)OC(C)(C)C)C1. The number of amides is 1. The Labute approximate surface area is 103 Å². The van der Waals surface area contributed by atoms with Crippen LogP contribution in [-0.2, 0) is 9.53 Å². The van der Waals surface area contributed by atoms with Crippen LogP contribution in [0.25, 0.3) is 0 Å². The predicted molar refractivity (Wildman–Crippen MR) is 65.8 cm³/mol. The zero-order valence-electron chi connectivity index (χ0n) is 11.2. The van der Waals surface area contributed by atoms with Crippen LogP contribution in [-0.4, -0.2) is 36.0 Å². The highest BCUT2D eigenvalue weighted by atomic mass is 16.6. The summed E-state index contributed by atoms with van der Waals surface area (Å²) >= 11 is 0. The average Bonchev–Trinajstić information content (AvgIpc) is 2.26. The van der Waals surface area contributed by atoms with E-state index < -0.39 is 5.60 Å². The molecule has 1 rings (SSSR count). The van der Waals surface area contributed by atoms with Crippen molar-refractivity contribution in [2.75, 3.05) is 13.1 Å². The molecule has 4 nitrogen and oxygen atoms in total. The maximum Gasteiger partial charge on any atom is 0.410 e. The van der Waals surface area contributed by atoms with E-state index in [1.54, 1.807) is 4.90 Å². The van der Waals surface area contributed by atoms with E-state index in [0.29, 0.717) is 6.54 Å². The number of ether oxygens (including phenoxy) is 1. The Balaban J connectivity index is 2.54. The summed E-state index contributed by atoms with van der Waals surface area (Å²) in [6.45, 7) is 8.86. The lowest BCUT2D eigenvalue weighted by atomic mass is 9.88. The molecule has 1 heterocycles. The maximum absolute atomic E-state index is 11.9. The number of piperidine rings is 1. The van der Waals surface area contributed by atoms with Crippen LogP contribution >= 0.6 is 0 Å². The molecule has 1 aliphatic rings. The smallest absolute Gasteiger partial charge is 0.410 e. The van der Waals surface area contributed by atoms with Crippen LogP contribution in [0.5, 0.6) is 0 Å². The van der Waals surface area contributed by atoms with Gasteiger partial charge in [-0.1, -0.05) is 6.92 Å². The Hall–Kier alpha value is -1.06. The number of carbonyl (C=O) groups excluding carboxylic acids is 2. The van der Waals surface area contributed by atoms with Gasteiger partial charge in [-0.25, -0.2) is 4.79 Å². The fourth-order valence-electron chi connectivity index (χ4n) is 2.04. The lowest BCUT2D eigenvalue weighted by Crippen LogP contribution is -2.44. The highest BCUT2D eigenvalue weighted by molar-refractivity contribution is 5.68. The van der Waals surface area contributed by atoms with E-state index in [4.69, 9.17) is 4.74 Å². The monoisotopic (exact) mass is 241 g/mol. The molecule has 0 aromatic carbocycles. The molecule has 0 aromatic rings. The highest BCUT2D eigenvalue weighted by Gasteiger charge is 2.29. The van der Waals surface area contributed by atoms with Gasteiger partial charge in [-0.05, 0) is 39.5 Å². The van der Waals surface area contributed by atoms with E-state index in [1.165, 1.54) is 0 Å². The fraction of sp³-hybridized carbons (Fsp3) is 0.846. The average molecular weight is 241 g/mol. The molecule has 1 aliphatic heterocycles. The summed E-state index contributed by atoms with van der Waals surface area (Å²) in [6.07, 6.45) is 2.67. The van der Waals surface area contributed by atoms with Crippen molar-refractivity contribution in [1.82, 2.24) is 4.90 Å². The van der Waals surface area contributed by atoms with Crippen molar-refractivity contribution in [2.24, 2.45) is 11.8 Å². The van der Waals surface area contributed by atoms with E-state index in [1.807, 2.05) is 27.7 Å². The van der Waals surface area contributed by atoms with Gasteiger partial charge in [0.05, 0.1) is 0 Å². The topological polar surface area (TPSA) is 46.6 Å². The van der Waals surface area contributed by atoms with E-state index in [9.17, 15) is 9.59 Å². The number of hydrogen-bond acceptors (Lipinski definition) is 3. The Bertz CT molecular complexity index is 283. The lowest BCUT2D eigenvalue weighted by molar-refractivity contribution is -0.112. The number of likely N-dealkylation sites (tertiary alicyclic amines) is 1. The van der Waals surface area contributed by atoms with Crippen molar-refractivity contribution in [2.45, 2.75) is 46.1 Å². The third kappa shape index (κ3) is 4.36. The Morgan fingerprint density at radius 1 is 1.47 bits per heavy atom. The third-order valence-corrected chi connectivity index (χ3v) is 3.07. The van der Waals surface area contributed by atoms with E-state index in [-0.39, 0.29) is 17.9 Å². The molecule has 0 bridgehead atoms. The number of nitrogens with zero attached hydrogens (tertiary/aromatic N) is 1. The van der Waals surface area contributed by atoms with Crippen molar-refractivity contribution < 1.29 is 14.3 Å². The summed E-state index contributed by atoms with van der Waals surface area (Å²) in [6, 6.07) is 0. The Morgan fingerprint density at radius 3 is 2.65 bits per heavy atom. The van der Waals surface area contributed by atoms with E-state index in [0.717, 1.165) is 25.7 Å². The van der Waals surface area contributed by atoms with Crippen molar-refractivity contribution in [3.8, 4) is 0 Å². The summed E-state index contributed by atoms with van der Waals surface area (Å²) in [7, 11) is 0. The molecule has 0 spiro atoms. The molecule has 1 saturated heterocycles. The summed E-state index contributed by atoms with van der Waals surface area (Å²) in [4.78, 5) is 24.4. The zero-order valence-corrected chi connectivity index (χ0v) is 11.2. The van der Waals surface area contributed by atoms with Crippen LogP contribution in [0.1, 0.15) is 40.5 Å². The second-order valence-corrected chi connectivity index (χ2v) is 5.82. The largest absolute Gasteiger partial charge is 0.444 e. The Morgan fingerprint density at radius 2 is 2.12 bits per heavy atom. The molecule has 0 aliphatic carbocycles. The first-order valence-electron chi connectivity index (χ1n) is 6.26. The van der Waals surface area contributed by atoms with Gasteiger partial charge in [-0.3, -0.25) is 0 Å². The lowest BCUT2D eigenvalue weighted by Gasteiger charge is -2.35. The molecule has 0 radical (unpaired) electrons. The molecular formula is C13H23NO3. The van der Waals surface area contributed by atoms with Gasteiger partial charge in [0.15, 0.2) is 0 Å². The minimum Gasteiger partial charge on any atom is -0.444 e. The molecule has 1 fully saturated rings. The summed E-state index contributed by atoms with van der Waals surface area (Å²) in [5.74, 6) is 0.286. The van der Waals surface area contributed by atoms with Crippen molar-refractivity contribution >= 4 is 12.4 Å². The van der Waals surface area contributed by atoms with Gasteiger partial charge in [0.25, 0.3) is 0 Å². The van der Waals surface area contributed by atoms with Crippen LogP contribution < -0.4 is 0 Å². The molecule has 17 heavy (non-hydrogen) atoms. The van der Waals surface area contributed by atoms with Crippen LogP contribution in [0.4, 0.5) is 4.79 Å². The number of rotatable bonds is 2. The van der Waals surface area contributed by atoms with E-state index >= 15 is 0 Å². The first-order chi connectivity index (χ1) is 7.83. The maximum atomic E-state index is 11.9. The van der Waals surface area contributed by atoms with Gasteiger partial charge < -0.3 is 14.4 Å². The predicted octanol–water partition coefficient (Wildman–Crippen LogP) is 2.47. The molecule has 0 saturated carbocycles. The van der Waals surface area contributed by atoms with Gasteiger partial charge in [0.2, 0.25) is 0 Å². The van der Waals surface area contributed by atoms with Gasteiger partial charge in [0.1, 0.15) is 11.9 Å². The second-order valence-electron chi connectivity index (χ2n) is 5.82. The molecule has 4 heteroatoms. The molecule has 98 valence electrons. The number of hydrogen-bond donors (Lipinski definition) is 0. The van der Waals surface area contributed by atoms with Crippen molar-refractivity contribution in [3.63, 3.8) is 0 Å². The molecule has 1 amide bonds. The number of carbonyl (C=O) groups is 2. The standard InChI is InChI=1S/C13H23NO3/c1-10(9-15)11-6-5-7-14(8-11)12(16)17-13(2,3)4/h9-11H,5-8H2,1-4H3. The molecular weight excluding hydrogens is 218 g/mol. The molecule has 2 unspecified atom stereocenters. The molecule has 0 N–H and O–H groups in total. The number of aldehydes is 1. The van der Waals surface area contributed by atoms with Gasteiger partial charge in [-0.2, -0.15) is 0 Å². The van der Waals surface area contributed by atoms with E-state index in [2.05, 4.69) is 0 Å². The van der Waals surface area contributed by atoms with Crippen LogP contribution in [0.3, 0.4) is 0 Å². The van der Waals surface area contributed by atoms with Gasteiger partial charge >= 0.3 is 6.09 Å².